The van der Waals surface area contributed by atoms with Gasteiger partial charge in [-0.1, -0.05) is 53.5 Å². The van der Waals surface area contributed by atoms with Crippen molar-refractivity contribution < 1.29 is 9.84 Å². The van der Waals surface area contributed by atoms with E-state index in [1.165, 1.54) is 25.7 Å². The van der Waals surface area contributed by atoms with Crippen molar-refractivity contribution in [3.05, 3.63) is 12.7 Å². The van der Waals surface area contributed by atoms with Crippen LogP contribution in [-0.2, 0) is 4.74 Å². The van der Waals surface area contributed by atoms with Crippen molar-refractivity contribution in [3.63, 3.8) is 0 Å². The van der Waals surface area contributed by atoms with Crippen LogP contribution < -0.4 is 0 Å². The zero-order valence-electron chi connectivity index (χ0n) is 16.0. The topological polar surface area (TPSA) is 29.5 Å². The summed E-state index contributed by atoms with van der Waals surface area (Å²) in [6.07, 6.45) is 9.18. The Bertz CT molecular complexity index is 387. The van der Waals surface area contributed by atoms with Crippen LogP contribution >= 0.6 is 0 Å². The van der Waals surface area contributed by atoms with E-state index in [4.69, 9.17) is 4.74 Å². The van der Waals surface area contributed by atoms with Crippen molar-refractivity contribution in [2.45, 2.75) is 85.4 Å². The van der Waals surface area contributed by atoms with E-state index in [1.54, 1.807) is 0 Å². The van der Waals surface area contributed by atoms with Gasteiger partial charge in [0.1, 0.15) is 0 Å². The van der Waals surface area contributed by atoms with Crippen molar-refractivity contribution in [2.75, 3.05) is 6.61 Å². The molecule has 0 aromatic heterocycles. The summed E-state index contributed by atoms with van der Waals surface area (Å²) in [7, 11) is 0. The smallest absolute Gasteiger partial charge is 0.0676 e. The molecule has 1 aliphatic carbocycles. The van der Waals surface area contributed by atoms with Gasteiger partial charge in [0.15, 0.2) is 0 Å². The van der Waals surface area contributed by atoms with Gasteiger partial charge in [-0.3, -0.25) is 0 Å². The summed E-state index contributed by atoms with van der Waals surface area (Å²) in [5.74, 6) is 1.39. The lowest BCUT2D eigenvalue weighted by molar-refractivity contribution is -0.0105. The predicted octanol–water partition coefficient (Wildman–Crippen LogP) is 5.21. The molecule has 2 rings (SSSR count). The molecule has 2 heteroatoms. The lowest BCUT2D eigenvalue weighted by Crippen LogP contribution is -2.38. The molecule has 0 spiro atoms. The number of hydrogen-bond donors (Lipinski definition) is 1. The molecule has 1 heterocycles. The van der Waals surface area contributed by atoms with Crippen molar-refractivity contribution in [2.24, 2.45) is 28.6 Å². The predicted molar refractivity (Wildman–Crippen MR) is 97.4 cm³/mol. The van der Waals surface area contributed by atoms with E-state index in [-0.39, 0.29) is 23.0 Å². The van der Waals surface area contributed by atoms with E-state index in [0.29, 0.717) is 17.8 Å². The third kappa shape index (κ3) is 4.39. The van der Waals surface area contributed by atoms with Crippen LogP contribution in [0.2, 0.25) is 0 Å². The molecule has 1 saturated carbocycles. The van der Waals surface area contributed by atoms with Crippen LogP contribution in [0.1, 0.15) is 73.1 Å². The molecular formula is C21H38O2. The Kier molecular flexibility index (Phi) is 6.00. The molecule has 0 bridgehead atoms. The monoisotopic (exact) mass is 322 g/mol. The van der Waals surface area contributed by atoms with Crippen LogP contribution in [0.25, 0.3) is 0 Å². The third-order valence-electron chi connectivity index (χ3n) is 6.38. The average Bonchev–Trinajstić information content (AvgIpc) is 3.05. The van der Waals surface area contributed by atoms with E-state index >= 15 is 0 Å². The maximum absolute atomic E-state index is 10.6. The fourth-order valence-corrected chi connectivity index (χ4v) is 4.79. The Hall–Kier alpha value is -0.340. The Balaban J connectivity index is 2.04. The molecule has 0 amide bonds. The summed E-state index contributed by atoms with van der Waals surface area (Å²) in [5, 5.41) is 10.6. The molecule has 1 aliphatic heterocycles. The first-order valence-electron chi connectivity index (χ1n) is 9.59. The summed E-state index contributed by atoms with van der Waals surface area (Å²) in [6, 6.07) is 0. The number of aliphatic hydroxyl groups is 1. The zero-order chi connectivity index (χ0) is 17.3. The third-order valence-corrected chi connectivity index (χ3v) is 6.38. The summed E-state index contributed by atoms with van der Waals surface area (Å²) < 4.78 is 6.27. The normalized spacial score (nSPS) is 31.2. The fourth-order valence-electron chi connectivity index (χ4n) is 4.79. The van der Waals surface area contributed by atoms with Crippen LogP contribution in [0.5, 0.6) is 0 Å². The molecule has 4 atom stereocenters. The maximum Gasteiger partial charge on any atom is 0.0676 e. The fraction of sp³-hybridized carbons (Fsp3) is 0.905. The van der Waals surface area contributed by atoms with Crippen molar-refractivity contribution in [1.82, 2.24) is 0 Å². The first kappa shape index (κ1) is 19.0. The summed E-state index contributed by atoms with van der Waals surface area (Å²) in [5.41, 5.74) is 0.349. The van der Waals surface area contributed by atoms with Gasteiger partial charge in [0, 0.05) is 5.92 Å². The Morgan fingerprint density at radius 3 is 2.35 bits per heavy atom. The summed E-state index contributed by atoms with van der Waals surface area (Å²) in [4.78, 5) is 0. The maximum atomic E-state index is 10.6. The quantitative estimate of drug-likeness (QED) is 0.680. The van der Waals surface area contributed by atoms with Crippen LogP contribution in [0.4, 0.5) is 0 Å². The van der Waals surface area contributed by atoms with Gasteiger partial charge >= 0.3 is 0 Å². The van der Waals surface area contributed by atoms with Crippen LogP contribution in [-0.4, -0.2) is 23.9 Å². The average molecular weight is 323 g/mol. The number of hydrogen-bond acceptors (Lipinski definition) is 2. The molecule has 0 radical (unpaired) electrons. The highest BCUT2D eigenvalue weighted by Crippen LogP contribution is 2.47. The second-order valence-electron chi connectivity index (χ2n) is 9.69. The second-order valence-corrected chi connectivity index (χ2v) is 9.69. The van der Waals surface area contributed by atoms with Crippen LogP contribution in [0.3, 0.4) is 0 Å². The highest BCUT2D eigenvalue weighted by atomic mass is 16.5. The lowest BCUT2D eigenvalue weighted by Gasteiger charge is -2.39. The van der Waals surface area contributed by atoms with Crippen molar-refractivity contribution >= 4 is 0 Å². The molecule has 2 nitrogen and oxygen atoms in total. The van der Waals surface area contributed by atoms with E-state index in [0.717, 1.165) is 19.4 Å². The van der Waals surface area contributed by atoms with E-state index in [2.05, 4.69) is 47.3 Å². The molecule has 0 aromatic carbocycles. The number of ether oxygens (including phenoxy) is 1. The zero-order valence-corrected chi connectivity index (χ0v) is 16.0. The molecule has 0 aromatic rings. The summed E-state index contributed by atoms with van der Waals surface area (Å²) in [6.45, 7) is 16.4. The van der Waals surface area contributed by atoms with Gasteiger partial charge < -0.3 is 9.84 Å². The molecular weight excluding hydrogens is 284 g/mol. The standard InChI is InChI=1S/C21H38O2/c1-7-16-19(23-14-21(16,5)6)17(20(2,3)4)12-13-18(22)15-10-8-9-11-15/h7,15-19,22H,1,8-14H2,2-6H3. The molecule has 1 N–H and O–H groups in total. The minimum atomic E-state index is -0.126. The second kappa shape index (κ2) is 7.27. The molecule has 4 unspecified atom stereocenters. The van der Waals surface area contributed by atoms with E-state index in [9.17, 15) is 5.11 Å². The van der Waals surface area contributed by atoms with Gasteiger partial charge in [0.2, 0.25) is 0 Å². The van der Waals surface area contributed by atoms with Gasteiger partial charge in [0.25, 0.3) is 0 Å². The van der Waals surface area contributed by atoms with Gasteiger partial charge in [-0.05, 0) is 48.3 Å². The summed E-state index contributed by atoms with van der Waals surface area (Å²) >= 11 is 0. The van der Waals surface area contributed by atoms with Crippen molar-refractivity contribution in [1.29, 1.82) is 0 Å². The van der Waals surface area contributed by atoms with Crippen LogP contribution in [0, 0.1) is 28.6 Å². The Labute approximate surface area is 143 Å². The van der Waals surface area contributed by atoms with E-state index < -0.39 is 0 Å². The first-order chi connectivity index (χ1) is 10.7. The molecule has 134 valence electrons. The largest absolute Gasteiger partial charge is 0.393 e. The minimum Gasteiger partial charge on any atom is -0.393 e. The lowest BCUT2D eigenvalue weighted by atomic mass is 9.67. The van der Waals surface area contributed by atoms with Gasteiger partial charge in [0.05, 0.1) is 18.8 Å². The highest BCUT2D eigenvalue weighted by Gasteiger charge is 2.47. The van der Waals surface area contributed by atoms with Crippen LogP contribution in [0.15, 0.2) is 12.7 Å². The number of aliphatic hydroxyl groups excluding tert-OH is 1. The molecule has 1 saturated heterocycles. The van der Waals surface area contributed by atoms with Gasteiger partial charge in [-0.15, -0.1) is 6.58 Å². The van der Waals surface area contributed by atoms with Gasteiger partial charge in [-0.2, -0.15) is 0 Å². The van der Waals surface area contributed by atoms with Crippen molar-refractivity contribution in [3.8, 4) is 0 Å². The Morgan fingerprint density at radius 1 is 1.22 bits per heavy atom. The molecule has 23 heavy (non-hydrogen) atoms. The minimum absolute atomic E-state index is 0.126. The molecule has 2 aliphatic rings. The van der Waals surface area contributed by atoms with E-state index in [1.807, 2.05) is 0 Å². The number of rotatable bonds is 6. The highest BCUT2D eigenvalue weighted by molar-refractivity contribution is 5.03. The Morgan fingerprint density at radius 2 is 1.83 bits per heavy atom. The first-order valence-corrected chi connectivity index (χ1v) is 9.59. The van der Waals surface area contributed by atoms with Gasteiger partial charge in [-0.25, -0.2) is 0 Å². The SMILES string of the molecule is C=CC1C(C(CCC(O)C2CCCC2)C(C)(C)C)OCC1(C)C. The molecule has 2 fully saturated rings.